The minimum absolute atomic E-state index is 0.0591. The SMILES string of the molecule is CC(O)[C@H]1O[C@@H](n2ccc(NC(=O)c3ccccc3)nc2=O)[C@](C)(F)[C@@H]1C. The van der Waals surface area contributed by atoms with Crippen LogP contribution in [0.1, 0.15) is 37.4 Å². The first kappa shape index (κ1) is 19.2. The lowest BCUT2D eigenvalue weighted by molar-refractivity contribution is -0.0798. The minimum Gasteiger partial charge on any atom is -0.391 e. The number of rotatable bonds is 4. The van der Waals surface area contributed by atoms with Gasteiger partial charge >= 0.3 is 5.69 Å². The highest BCUT2D eigenvalue weighted by atomic mass is 19.1. The first-order valence-corrected chi connectivity index (χ1v) is 8.70. The fraction of sp³-hybridized carbons (Fsp3) is 0.421. The molecular formula is C19H22FN3O4. The molecule has 2 heterocycles. The van der Waals surface area contributed by atoms with Crippen LogP contribution in [0.15, 0.2) is 47.4 Å². The van der Waals surface area contributed by atoms with Crippen LogP contribution >= 0.6 is 0 Å². The van der Waals surface area contributed by atoms with Gasteiger partial charge in [-0.15, -0.1) is 0 Å². The van der Waals surface area contributed by atoms with Crippen LogP contribution < -0.4 is 11.0 Å². The van der Waals surface area contributed by atoms with Crippen molar-refractivity contribution >= 4 is 11.7 Å². The molecule has 0 aliphatic carbocycles. The molecule has 8 heteroatoms. The maximum atomic E-state index is 15.2. The van der Waals surface area contributed by atoms with Crippen LogP contribution in [0.4, 0.5) is 10.2 Å². The molecule has 3 rings (SSSR count). The zero-order chi connectivity index (χ0) is 19.8. The van der Waals surface area contributed by atoms with Crippen LogP contribution in [0.5, 0.6) is 0 Å². The maximum Gasteiger partial charge on any atom is 0.351 e. The Balaban J connectivity index is 1.83. The summed E-state index contributed by atoms with van der Waals surface area (Å²) in [5.74, 6) is -0.967. The van der Waals surface area contributed by atoms with Gasteiger partial charge in [0.25, 0.3) is 5.91 Å². The third-order valence-electron chi connectivity index (χ3n) is 4.99. The molecule has 2 aromatic rings. The second kappa shape index (κ2) is 7.21. The third kappa shape index (κ3) is 3.63. The first-order chi connectivity index (χ1) is 12.7. The van der Waals surface area contributed by atoms with Gasteiger partial charge in [0, 0.05) is 17.7 Å². The molecule has 0 spiro atoms. The molecule has 1 amide bonds. The summed E-state index contributed by atoms with van der Waals surface area (Å²) in [6.07, 6.45) is -1.51. The third-order valence-corrected chi connectivity index (χ3v) is 4.99. The van der Waals surface area contributed by atoms with E-state index >= 15 is 4.39 Å². The predicted octanol–water partition coefficient (Wildman–Crippen LogP) is 2.14. The van der Waals surface area contributed by atoms with E-state index in [-0.39, 0.29) is 5.82 Å². The van der Waals surface area contributed by atoms with E-state index in [4.69, 9.17) is 4.74 Å². The van der Waals surface area contributed by atoms with Crippen molar-refractivity contribution in [2.45, 2.75) is 44.9 Å². The second-order valence-electron chi connectivity index (χ2n) is 6.96. The fourth-order valence-corrected chi connectivity index (χ4v) is 3.25. The molecule has 27 heavy (non-hydrogen) atoms. The van der Waals surface area contributed by atoms with Crippen molar-refractivity contribution in [3.05, 3.63) is 58.6 Å². The van der Waals surface area contributed by atoms with Gasteiger partial charge in [-0.3, -0.25) is 9.36 Å². The molecule has 0 radical (unpaired) electrons. The van der Waals surface area contributed by atoms with Crippen molar-refractivity contribution in [1.82, 2.24) is 9.55 Å². The van der Waals surface area contributed by atoms with Crippen molar-refractivity contribution in [3.8, 4) is 0 Å². The van der Waals surface area contributed by atoms with E-state index in [9.17, 15) is 14.7 Å². The topological polar surface area (TPSA) is 93.4 Å². The van der Waals surface area contributed by atoms with E-state index in [0.29, 0.717) is 5.56 Å². The van der Waals surface area contributed by atoms with Crippen LogP contribution in [-0.2, 0) is 4.74 Å². The van der Waals surface area contributed by atoms with Gasteiger partial charge in [-0.1, -0.05) is 25.1 Å². The van der Waals surface area contributed by atoms with Gasteiger partial charge in [0.1, 0.15) is 5.82 Å². The van der Waals surface area contributed by atoms with Gasteiger partial charge in [-0.25, -0.2) is 9.18 Å². The highest BCUT2D eigenvalue weighted by Crippen LogP contribution is 2.45. The Hall–Kier alpha value is -2.58. The first-order valence-electron chi connectivity index (χ1n) is 8.70. The standard InChI is InChI=1S/C19H22FN3O4/c1-11-15(12(2)24)27-17(19(11,3)20)23-10-9-14(22-18(23)26)21-16(25)13-7-5-4-6-8-13/h4-12,15,17,24H,1-3H3,(H,21,22,25,26)/t11-,12?,15+,17-,19-/m1/s1. The van der Waals surface area contributed by atoms with E-state index in [2.05, 4.69) is 10.3 Å². The minimum atomic E-state index is -1.87. The molecule has 7 nitrogen and oxygen atoms in total. The lowest BCUT2D eigenvalue weighted by atomic mass is 9.88. The summed E-state index contributed by atoms with van der Waals surface area (Å²) in [7, 11) is 0. The number of nitrogens with one attached hydrogen (secondary N) is 1. The van der Waals surface area contributed by atoms with Crippen molar-refractivity contribution in [1.29, 1.82) is 0 Å². The summed E-state index contributed by atoms with van der Waals surface area (Å²) >= 11 is 0. The normalized spacial score (nSPS) is 28.7. The number of benzene rings is 1. The lowest BCUT2D eigenvalue weighted by Crippen LogP contribution is -2.39. The highest BCUT2D eigenvalue weighted by Gasteiger charge is 2.54. The number of ether oxygens (including phenoxy) is 1. The number of aliphatic hydroxyl groups is 1. The summed E-state index contributed by atoms with van der Waals surface area (Å²) < 4.78 is 21.8. The molecule has 0 saturated carbocycles. The molecule has 2 N–H and O–H groups in total. The molecule has 1 unspecified atom stereocenters. The van der Waals surface area contributed by atoms with E-state index in [1.165, 1.54) is 26.1 Å². The average molecular weight is 375 g/mol. The number of anilines is 1. The van der Waals surface area contributed by atoms with Gasteiger partial charge in [0.2, 0.25) is 0 Å². The Morgan fingerprint density at radius 3 is 2.59 bits per heavy atom. The van der Waals surface area contributed by atoms with Crippen molar-refractivity contribution in [2.24, 2.45) is 5.92 Å². The summed E-state index contributed by atoms with van der Waals surface area (Å²) in [4.78, 5) is 28.4. The number of carbonyl (C=O) groups excluding carboxylic acids is 1. The number of alkyl halides is 1. The number of hydrogen-bond acceptors (Lipinski definition) is 5. The maximum absolute atomic E-state index is 15.2. The van der Waals surface area contributed by atoms with Gasteiger partial charge in [-0.2, -0.15) is 4.98 Å². The molecule has 5 atom stereocenters. The van der Waals surface area contributed by atoms with E-state index in [1.807, 2.05) is 0 Å². The molecule has 0 bridgehead atoms. The summed E-state index contributed by atoms with van der Waals surface area (Å²) in [6.45, 7) is 4.48. The molecule has 1 aliphatic rings. The van der Waals surface area contributed by atoms with Crippen LogP contribution in [0.25, 0.3) is 0 Å². The van der Waals surface area contributed by atoms with Gasteiger partial charge < -0.3 is 15.2 Å². The predicted molar refractivity (Wildman–Crippen MR) is 97.2 cm³/mol. The van der Waals surface area contributed by atoms with Crippen LogP contribution in [0.3, 0.4) is 0 Å². The molecule has 1 aromatic carbocycles. The Bertz CT molecular complexity index is 882. The van der Waals surface area contributed by atoms with Crippen molar-refractivity contribution in [2.75, 3.05) is 5.32 Å². The number of halogens is 1. The molecule has 1 aromatic heterocycles. The number of aliphatic hydroxyl groups excluding tert-OH is 1. The van der Waals surface area contributed by atoms with Gasteiger partial charge in [0.15, 0.2) is 11.9 Å². The Morgan fingerprint density at radius 1 is 1.37 bits per heavy atom. The summed E-state index contributed by atoms with van der Waals surface area (Å²) in [5, 5.41) is 12.3. The van der Waals surface area contributed by atoms with Crippen LogP contribution in [0, 0.1) is 5.92 Å². The number of amides is 1. The van der Waals surface area contributed by atoms with E-state index in [0.717, 1.165) is 4.57 Å². The number of carbonyl (C=O) groups is 1. The monoisotopic (exact) mass is 375 g/mol. The average Bonchev–Trinajstić information content (AvgIpc) is 2.86. The number of nitrogens with zero attached hydrogens (tertiary/aromatic N) is 2. The zero-order valence-electron chi connectivity index (χ0n) is 15.3. The Labute approximate surface area is 155 Å². The molecule has 1 aliphatic heterocycles. The van der Waals surface area contributed by atoms with Crippen LogP contribution in [0.2, 0.25) is 0 Å². The lowest BCUT2D eigenvalue weighted by Gasteiger charge is -2.25. The Morgan fingerprint density at radius 2 is 2.04 bits per heavy atom. The molecule has 1 saturated heterocycles. The van der Waals surface area contributed by atoms with Gasteiger partial charge in [-0.05, 0) is 32.0 Å². The second-order valence-corrected chi connectivity index (χ2v) is 6.96. The molecular weight excluding hydrogens is 353 g/mol. The van der Waals surface area contributed by atoms with Crippen molar-refractivity contribution < 1.29 is 19.0 Å². The zero-order valence-corrected chi connectivity index (χ0v) is 15.3. The van der Waals surface area contributed by atoms with E-state index in [1.54, 1.807) is 37.3 Å². The largest absolute Gasteiger partial charge is 0.391 e. The quantitative estimate of drug-likeness (QED) is 0.854. The highest BCUT2D eigenvalue weighted by molar-refractivity contribution is 6.03. The fourth-order valence-electron chi connectivity index (χ4n) is 3.25. The smallest absolute Gasteiger partial charge is 0.351 e. The number of aromatic nitrogens is 2. The summed E-state index contributed by atoms with van der Waals surface area (Å²) in [6, 6.07) is 9.90. The molecule has 1 fully saturated rings. The van der Waals surface area contributed by atoms with Gasteiger partial charge in [0.05, 0.1) is 12.2 Å². The van der Waals surface area contributed by atoms with Crippen molar-refractivity contribution in [3.63, 3.8) is 0 Å². The Kier molecular flexibility index (Phi) is 5.12. The van der Waals surface area contributed by atoms with E-state index < -0.39 is 41.6 Å². The van der Waals surface area contributed by atoms with Crippen LogP contribution in [-0.4, -0.2) is 38.4 Å². The molecule has 144 valence electrons. The summed E-state index contributed by atoms with van der Waals surface area (Å²) in [5.41, 5.74) is -2.21. The number of hydrogen-bond donors (Lipinski definition) is 2.